The first-order valence-electron chi connectivity index (χ1n) is 6.39. The van der Waals surface area contributed by atoms with Crippen LogP contribution in [0.3, 0.4) is 0 Å². The summed E-state index contributed by atoms with van der Waals surface area (Å²) in [6, 6.07) is 8.10. The van der Waals surface area contributed by atoms with Crippen molar-refractivity contribution in [3.8, 4) is 5.75 Å². The molecule has 0 fully saturated rings. The van der Waals surface area contributed by atoms with Crippen molar-refractivity contribution < 1.29 is 19.4 Å². The summed E-state index contributed by atoms with van der Waals surface area (Å²) >= 11 is 1.25. The van der Waals surface area contributed by atoms with Gasteiger partial charge in [-0.15, -0.1) is 11.3 Å². The Morgan fingerprint density at radius 1 is 1.33 bits per heavy atom. The summed E-state index contributed by atoms with van der Waals surface area (Å²) < 4.78 is 5.17. The zero-order chi connectivity index (χ0) is 15.0. The highest BCUT2D eigenvalue weighted by Gasteiger charge is 2.39. The highest BCUT2D eigenvalue weighted by molar-refractivity contribution is 7.12. The number of hydrogen-bond donors (Lipinski definition) is 1. The summed E-state index contributed by atoms with van der Waals surface area (Å²) in [6.07, 6.45) is 0.324. The number of methoxy groups -OCH3 is 1. The van der Waals surface area contributed by atoms with Gasteiger partial charge in [-0.1, -0.05) is 18.2 Å². The number of carboxylic acid groups (broad SMARTS) is 1. The van der Waals surface area contributed by atoms with E-state index in [-0.39, 0.29) is 5.91 Å². The largest absolute Gasteiger partial charge is 0.495 e. The summed E-state index contributed by atoms with van der Waals surface area (Å²) in [7, 11) is 1.49. The molecule has 6 heteroatoms. The van der Waals surface area contributed by atoms with Crippen LogP contribution < -0.4 is 9.64 Å². The maximum Gasteiger partial charge on any atom is 0.327 e. The van der Waals surface area contributed by atoms with Crippen LogP contribution >= 0.6 is 11.3 Å². The second-order valence-electron chi connectivity index (χ2n) is 4.68. The van der Waals surface area contributed by atoms with Gasteiger partial charge in [-0.3, -0.25) is 9.69 Å². The van der Waals surface area contributed by atoms with Gasteiger partial charge in [-0.05, 0) is 23.1 Å². The summed E-state index contributed by atoms with van der Waals surface area (Å²) in [4.78, 5) is 26.0. The third-order valence-electron chi connectivity index (χ3n) is 3.52. The lowest BCUT2D eigenvalue weighted by Gasteiger charge is -2.22. The van der Waals surface area contributed by atoms with Crippen LogP contribution in [-0.2, 0) is 11.2 Å². The van der Waals surface area contributed by atoms with Gasteiger partial charge in [-0.2, -0.15) is 0 Å². The van der Waals surface area contributed by atoms with Crippen LogP contribution in [0.5, 0.6) is 5.75 Å². The van der Waals surface area contributed by atoms with E-state index in [1.807, 2.05) is 12.1 Å². The molecule has 21 heavy (non-hydrogen) atoms. The molecular weight excluding hydrogens is 290 g/mol. The number of ether oxygens (including phenoxy) is 1. The number of thiophene rings is 1. The highest BCUT2D eigenvalue weighted by atomic mass is 32.1. The number of benzene rings is 1. The molecule has 0 bridgehead atoms. The monoisotopic (exact) mass is 303 g/mol. The molecule has 1 N–H and O–H groups in total. The highest BCUT2D eigenvalue weighted by Crippen LogP contribution is 2.36. The van der Waals surface area contributed by atoms with Crippen LogP contribution in [0.15, 0.2) is 35.7 Å². The number of carbonyl (C=O) groups is 2. The minimum absolute atomic E-state index is 0.324. The topological polar surface area (TPSA) is 66.8 Å². The molecule has 1 aromatic carbocycles. The van der Waals surface area contributed by atoms with Crippen molar-refractivity contribution in [2.24, 2.45) is 0 Å². The van der Waals surface area contributed by atoms with Gasteiger partial charge >= 0.3 is 5.97 Å². The van der Waals surface area contributed by atoms with E-state index in [4.69, 9.17) is 4.74 Å². The first kappa shape index (κ1) is 13.6. The standard InChI is InChI=1S/C15H13NO4S/c1-20-12-6-7-21-13(12)14(17)16-10-5-3-2-4-9(10)8-11(16)15(18)19/h2-7,11H,8H2,1H3,(H,18,19)/t11-/m0/s1. The Hall–Kier alpha value is -2.34. The quantitative estimate of drug-likeness (QED) is 0.945. The molecule has 5 nitrogen and oxygen atoms in total. The van der Waals surface area contributed by atoms with Crippen molar-refractivity contribution >= 4 is 28.9 Å². The fraction of sp³-hybridized carbons (Fsp3) is 0.200. The number of hydrogen-bond acceptors (Lipinski definition) is 4. The molecule has 0 saturated carbocycles. The summed E-state index contributed by atoms with van der Waals surface area (Å²) in [5.41, 5.74) is 1.53. The molecule has 1 aliphatic heterocycles. The number of carboxylic acids is 1. The molecule has 0 spiro atoms. The Morgan fingerprint density at radius 2 is 2.10 bits per heavy atom. The summed E-state index contributed by atoms with van der Waals surface area (Å²) in [6.45, 7) is 0. The van der Waals surface area contributed by atoms with E-state index in [0.717, 1.165) is 5.56 Å². The number of anilines is 1. The Bertz CT molecular complexity index is 709. The average Bonchev–Trinajstić information content (AvgIpc) is 3.10. The Kier molecular flexibility index (Phi) is 3.39. The Labute approximate surface area is 125 Å². The van der Waals surface area contributed by atoms with Crippen LogP contribution in [0.1, 0.15) is 15.2 Å². The summed E-state index contributed by atoms with van der Waals surface area (Å²) in [5, 5.41) is 11.2. The molecule has 0 aliphatic carbocycles. The van der Waals surface area contributed by atoms with Crippen LogP contribution in [0.4, 0.5) is 5.69 Å². The molecule has 2 heterocycles. The number of para-hydroxylation sites is 1. The van der Waals surface area contributed by atoms with E-state index in [9.17, 15) is 14.7 Å². The molecule has 108 valence electrons. The Balaban J connectivity index is 2.06. The van der Waals surface area contributed by atoms with E-state index in [1.54, 1.807) is 23.6 Å². The molecule has 1 atom stereocenters. The minimum Gasteiger partial charge on any atom is -0.495 e. The fourth-order valence-corrected chi connectivity index (χ4v) is 3.35. The van der Waals surface area contributed by atoms with Gasteiger partial charge < -0.3 is 9.84 Å². The zero-order valence-electron chi connectivity index (χ0n) is 11.3. The molecule has 2 aromatic rings. The molecule has 1 aliphatic rings. The van der Waals surface area contributed by atoms with E-state index in [0.29, 0.717) is 22.7 Å². The number of aliphatic carboxylic acids is 1. The molecule has 0 radical (unpaired) electrons. The number of carbonyl (C=O) groups excluding carboxylic acids is 1. The van der Waals surface area contributed by atoms with Gasteiger partial charge in [0.15, 0.2) is 0 Å². The average molecular weight is 303 g/mol. The van der Waals surface area contributed by atoms with Crippen molar-refractivity contribution in [1.82, 2.24) is 0 Å². The normalized spacial score (nSPS) is 16.6. The third kappa shape index (κ3) is 2.17. The SMILES string of the molecule is COc1ccsc1C(=O)N1c2ccccc2C[C@H]1C(=O)O. The lowest BCUT2D eigenvalue weighted by atomic mass is 10.1. The fourth-order valence-electron chi connectivity index (χ4n) is 2.56. The molecule has 1 aromatic heterocycles. The van der Waals surface area contributed by atoms with E-state index in [2.05, 4.69) is 0 Å². The van der Waals surface area contributed by atoms with Crippen molar-refractivity contribution in [3.63, 3.8) is 0 Å². The van der Waals surface area contributed by atoms with Crippen molar-refractivity contribution in [2.45, 2.75) is 12.5 Å². The van der Waals surface area contributed by atoms with Crippen LogP contribution in [0.2, 0.25) is 0 Å². The second-order valence-corrected chi connectivity index (χ2v) is 5.60. The first-order valence-corrected chi connectivity index (χ1v) is 7.27. The summed E-state index contributed by atoms with van der Waals surface area (Å²) in [5.74, 6) is -0.868. The molecule has 0 unspecified atom stereocenters. The zero-order valence-corrected chi connectivity index (χ0v) is 12.1. The first-order chi connectivity index (χ1) is 10.1. The molecule has 1 amide bonds. The third-order valence-corrected chi connectivity index (χ3v) is 4.41. The number of nitrogens with zero attached hydrogens (tertiary/aromatic N) is 1. The second kappa shape index (κ2) is 5.21. The van der Waals surface area contributed by atoms with Gasteiger partial charge in [-0.25, -0.2) is 4.79 Å². The van der Waals surface area contributed by atoms with Crippen LogP contribution in [0.25, 0.3) is 0 Å². The number of rotatable bonds is 3. The maximum atomic E-state index is 12.8. The molecule has 0 saturated heterocycles. The predicted octanol–water partition coefficient (Wildman–Crippen LogP) is 2.41. The van der Waals surface area contributed by atoms with Crippen LogP contribution in [-0.4, -0.2) is 30.1 Å². The number of amides is 1. The van der Waals surface area contributed by atoms with E-state index in [1.165, 1.54) is 23.3 Å². The van der Waals surface area contributed by atoms with Crippen molar-refractivity contribution in [2.75, 3.05) is 12.0 Å². The Morgan fingerprint density at radius 3 is 2.81 bits per heavy atom. The van der Waals surface area contributed by atoms with Crippen molar-refractivity contribution in [3.05, 3.63) is 46.2 Å². The smallest absolute Gasteiger partial charge is 0.327 e. The lowest BCUT2D eigenvalue weighted by Crippen LogP contribution is -2.42. The molecular formula is C15H13NO4S. The lowest BCUT2D eigenvalue weighted by molar-refractivity contribution is -0.138. The van der Waals surface area contributed by atoms with Crippen LogP contribution in [0, 0.1) is 0 Å². The minimum atomic E-state index is -1.00. The van der Waals surface area contributed by atoms with Gasteiger partial charge in [0, 0.05) is 12.1 Å². The molecule has 3 rings (SSSR count). The van der Waals surface area contributed by atoms with Gasteiger partial charge in [0.1, 0.15) is 16.7 Å². The van der Waals surface area contributed by atoms with Gasteiger partial charge in [0.25, 0.3) is 5.91 Å². The van der Waals surface area contributed by atoms with Gasteiger partial charge in [0.2, 0.25) is 0 Å². The predicted molar refractivity (Wildman–Crippen MR) is 79.3 cm³/mol. The number of fused-ring (bicyclic) bond motifs is 1. The van der Waals surface area contributed by atoms with E-state index < -0.39 is 12.0 Å². The van der Waals surface area contributed by atoms with E-state index >= 15 is 0 Å². The van der Waals surface area contributed by atoms with Crippen molar-refractivity contribution in [1.29, 1.82) is 0 Å². The maximum absolute atomic E-state index is 12.8. The van der Waals surface area contributed by atoms with Gasteiger partial charge in [0.05, 0.1) is 7.11 Å².